The van der Waals surface area contributed by atoms with Crippen molar-refractivity contribution in [1.82, 2.24) is 0 Å². The van der Waals surface area contributed by atoms with Gasteiger partial charge in [0.1, 0.15) is 4.91 Å². The molecule has 0 radical (unpaired) electrons. The van der Waals surface area contributed by atoms with E-state index in [1.807, 2.05) is 79.4 Å². The molecule has 10 nitrogen and oxygen atoms in total. The normalized spacial score (nSPS) is 18.6. The lowest BCUT2D eigenvalue weighted by Crippen LogP contribution is -2.28. The number of anilines is 2. The van der Waals surface area contributed by atoms with Crippen molar-refractivity contribution in [3.8, 4) is 11.1 Å². The topological polar surface area (TPSA) is 147 Å². The Balaban J connectivity index is 1.15. The van der Waals surface area contributed by atoms with Gasteiger partial charge in [-0.25, -0.2) is 13.2 Å². The molecule has 7 rings (SSSR count). The first-order valence-corrected chi connectivity index (χ1v) is 19.4. The lowest BCUT2D eigenvalue weighted by Gasteiger charge is -2.27. The molecule has 3 aliphatic rings. The molecule has 0 spiro atoms. The first-order chi connectivity index (χ1) is 24.3. The van der Waals surface area contributed by atoms with Crippen LogP contribution in [0.5, 0.6) is 0 Å². The molecule has 0 unspecified atom stereocenters. The zero-order valence-electron chi connectivity index (χ0n) is 27.7. The van der Waals surface area contributed by atoms with Crippen molar-refractivity contribution in [2.75, 3.05) is 22.5 Å². The van der Waals surface area contributed by atoms with Crippen molar-refractivity contribution in [2.45, 2.75) is 36.7 Å². The first-order valence-electron chi connectivity index (χ1n) is 16.3. The van der Waals surface area contributed by atoms with Crippen LogP contribution in [0, 0.1) is 0 Å². The predicted octanol–water partition coefficient (Wildman–Crippen LogP) is 7.37. The van der Waals surface area contributed by atoms with Gasteiger partial charge in [-0.1, -0.05) is 86.7 Å². The number of carbonyl (C=O) groups excluding carboxylic acids is 2. The second kappa shape index (κ2) is 12.8. The SMILES string of the molecule is CC1(C)/C(=C/C=C/C=C2/C(=O)c3ccccc3S2(=O)=O)N(CCCS(=O)(=O)O)c2ccc(NC(=O)OC3c4ccccc4-c4ccccc43)cc21. The molecular weight excluding hydrogens is 689 g/mol. The van der Waals surface area contributed by atoms with Gasteiger partial charge in [-0.05, 0) is 65.6 Å². The Labute approximate surface area is 296 Å². The van der Waals surface area contributed by atoms with Gasteiger partial charge in [0.05, 0.1) is 10.6 Å². The minimum absolute atomic E-state index is 0.0171. The molecule has 0 saturated carbocycles. The fourth-order valence-corrected chi connectivity index (χ4v) is 9.16. The number of nitrogens with one attached hydrogen (secondary N) is 1. The molecule has 0 fully saturated rings. The molecule has 12 heteroatoms. The van der Waals surface area contributed by atoms with Crippen LogP contribution in [-0.4, -0.2) is 45.6 Å². The molecule has 2 aliphatic heterocycles. The standard InChI is InChI=1S/C39H34N2O8S2/c1-39(2)31-24-25(40-38(43)49-37-28-14-5-3-12-26(28)27-13-4-6-15-29(27)37)20-21-32(31)41(22-11-23-50(44,45)46)35(39)19-10-9-18-34-36(42)30-16-7-8-17-33(30)51(34,47)48/h3-10,12-21,24,37H,11,22-23H2,1-2H3,(H,40,43)(H,44,45,46)/b10-9+,34-18-,35-19-. The monoisotopic (exact) mass is 722 g/mol. The number of sulfone groups is 1. The first kappa shape index (κ1) is 34.2. The zero-order valence-corrected chi connectivity index (χ0v) is 29.4. The second-order valence-corrected chi connectivity index (χ2v) is 16.5. The van der Waals surface area contributed by atoms with E-state index in [0.717, 1.165) is 39.2 Å². The van der Waals surface area contributed by atoms with E-state index in [-0.39, 0.29) is 28.3 Å². The number of benzene rings is 4. The molecule has 0 atom stereocenters. The van der Waals surface area contributed by atoms with Crippen LogP contribution in [0.15, 0.2) is 131 Å². The lowest BCUT2D eigenvalue weighted by molar-refractivity contribution is 0.104. The van der Waals surface area contributed by atoms with E-state index < -0.39 is 49.1 Å². The third-order valence-electron chi connectivity index (χ3n) is 9.47. The van der Waals surface area contributed by atoms with E-state index in [9.17, 15) is 31.0 Å². The highest BCUT2D eigenvalue weighted by Crippen LogP contribution is 2.49. The van der Waals surface area contributed by atoms with Crippen molar-refractivity contribution >= 4 is 43.2 Å². The van der Waals surface area contributed by atoms with E-state index in [4.69, 9.17) is 4.74 Å². The summed E-state index contributed by atoms with van der Waals surface area (Å²) in [5, 5.41) is 2.87. The zero-order chi connectivity index (χ0) is 36.1. The van der Waals surface area contributed by atoms with Gasteiger partial charge in [0.2, 0.25) is 15.6 Å². The fourth-order valence-electron chi connectivity index (χ4n) is 7.11. The number of ketones is 1. The third-order valence-corrected chi connectivity index (χ3v) is 12.1. The molecule has 4 aromatic carbocycles. The number of ether oxygens (including phenoxy) is 1. The molecule has 2 N–H and O–H groups in total. The summed E-state index contributed by atoms with van der Waals surface area (Å²) in [6.45, 7) is 4.19. The van der Waals surface area contributed by atoms with Gasteiger partial charge in [0.15, 0.2) is 6.10 Å². The third kappa shape index (κ3) is 6.19. The number of hydrogen-bond acceptors (Lipinski definition) is 8. The summed E-state index contributed by atoms with van der Waals surface area (Å²) in [7, 11) is -8.14. The van der Waals surface area contributed by atoms with Crippen molar-refractivity contribution in [1.29, 1.82) is 0 Å². The van der Waals surface area contributed by atoms with Crippen LogP contribution in [0.25, 0.3) is 11.1 Å². The van der Waals surface area contributed by atoms with E-state index in [1.54, 1.807) is 30.4 Å². The van der Waals surface area contributed by atoms with Gasteiger partial charge in [-0.2, -0.15) is 8.42 Å². The Bertz CT molecular complexity index is 2380. The van der Waals surface area contributed by atoms with Crippen molar-refractivity contribution in [3.05, 3.63) is 148 Å². The van der Waals surface area contributed by atoms with Gasteiger partial charge >= 0.3 is 6.09 Å². The molecule has 0 saturated heterocycles. The van der Waals surface area contributed by atoms with Crippen molar-refractivity contribution < 1.29 is 35.7 Å². The van der Waals surface area contributed by atoms with Gasteiger partial charge in [0, 0.05) is 45.7 Å². The maximum Gasteiger partial charge on any atom is 0.412 e. The smallest absolute Gasteiger partial charge is 0.412 e. The Hall–Kier alpha value is -5.30. The molecule has 1 amide bonds. The molecule has 260 valence electrons. The molecule has 0 bridgehead atoms. The highest BCUT2D eigenvalue weighted by Gasteiger charge is 2.41. The molecule has 0 aromatic heterocycles. The highest BCUT2D eigenvalue weighted by molar-refractivity contribution is 7.97. The Morgan fingerprint density at radius 1 is 0.902 bits per heavy atom. The Morgan fingerprint density at radius 3 is 2.16 bits per heavy atom. The van der Waals surface area contributed by atoms with Crippen LogP contribution in [0.4, 0.5) is 16.2 Å². The maximum absolute atomic E-state index is 13.3. The van der Waals surface area contributed by atoms with E-state index >= 15 is 0 Å². The number of allylic oxidation sites excluding steroid dienone is 6. The summed E-state index contributed by atoms with van der Waals surface area (Å²) in [4.78, 5) is 27.8. The summed E-state index contributed by atoms with van der Waals surface area (Å²) < 4.78 is 64.5. The number of fused-ring (bicyclic) bond motifs is 5. The number of carbonyl (C=O) groups is 2. The Kier molecular flexibility index (Phi) is 8.57. The fraction of sp³-hybridized carbons (Fsp3) is 0.179. The molecule has 1 aliphatic carbocycles. The van der Waals surface area contributed by atoms with Gasteiger partial charge in [-0.15, -0.1) is 0 Å². The van der Waals surface area contributed by atoms with E-state index in [2.05, 4.69) is 5.32 Å². The van der Waals surface area contributed by atoms with E-state index in [0.29, 0.717) is 5.69 Å². The average molecular weight is 723 g/mol. The average Bonchev–Trinajstić information content (AvgIpc) is 3.59. The summed E-state index contributed by atoms with van der Waals surface area (Å²) in [6, 6.07) is 27.1. The van der Waals surface area contributed by atoms with Gasteiger partial charge in [-0.3, -0.25) is 14.7 Å². The van der Waals surface area contributed by atoms with Crippen LogP contribution in [-0.2, 0) is 30.1 Å². The van der Waals surface area contributed by atoms with Crippen LogP contribution < -0.4 is 10.2 Å². The summed E-state index contributed by atoms with van der Waals surface area (Å²) in [5.74, 6) is -1.00. The molecule has 2 heterocycles. The minimum Gasteiger partial charge on any atom is -0.436 e. The summed E-state index contributed by atoms with van der Waals surface area (Å²) in [5.41, 5.74) is 6.18. The molecule has 51 heavy (non-hydrogen) atoms. The predicted molar refractivity (Wildman–Crippen MR) is 195 cm³/mol. The minimum atomic E-state index is -4.19. The number of Topliss-reactive ketones (excluding diaryl/α,β-unsaturated/α-hetero) is 1. The maximum atomic E-state index is 13.3. The number of rotatable bonds is 8. The summed E-state index contributed by atoms with van der Waals surface area (Å²) >= 11 is 0. The Morgan fingerprint density at radius 2 is 1.51 bits per heavy atom. The van der Waals surface area contributed by atoms with Gasteiger partial charge in [0.25, 0.3) is 10.1 Å². The molecule has 4 aromatic rings. The largest absolute Gasteiger partial charge is 0.436 e. The van der Waals surface area contributed by atoms with Crippen LogP contribution in [0.2, 0.25) is 0 Å². The lowest BCUT2D eigenvalue weighted by atomic mass is 9.83. The second-order valence-electron chi connectivity index (χ2n) is 13.0. The molecular formula is C39H34N2O8S2. The van der Waals surface area contributed by atoms with Gasteiger partial charge < -0.3 is 9.64 Å². The highest BCUT2D eigenvalue weighted by atomic mass is 32.2. The van der Waals surface area contributed by atoms with Crippen LogP contribution in [0.3, 0.4) is 0 Å². The number of nitrogens with zero attached hydrogens (tertiary/aromatic N) is 1. The van der Waals surface area contributed by atoms with E-state index in [1.165, 1.54) is 24.3 Å². The number of amides is 1. The van der Waals surface area contributed by atoms with Crippen molar-refractivity contribution in [2.24, 2.45) is 0 Å². The number of hydrogen-bond donors (Lipinski definition) is 2. The summed E-state index contributed by atoms with van der Waals surface area (Å²) in [6.07, 6.45) is 5.11. The van der Waals surface area contributed by atoms with Crippen LogP contribution >= 0.6 is 0 Å². The quantitative estimate of drug-likeness (QED) is 0.141. The van der Waals surface area contributed by atoms with Crippen LogP contribution in [0.1, 0.15) is 53.4 Å². The van der Waals surface area contributed by atoms with Crippen molar-refractivity contribution in [3.63, 3.8) is 0 Å².